The van der Waals surface area contributed by atoms with Crippen LogP contribution in [0, 0.1) is 24.4 Å². The van der Waals surface area contributed by atoms with Crippen LogP contribution in [0.4, 0.5) is 36.3 Å². The van der Waals surface area contributed by atoms with Gasteiger partial charge < -0.3 is 10.2 Å². The van der Waals surface area contributed by atoms with E-state index in [9.17, 15) is 13.2 Å². The number of nitrogens with zero attached hydrogens (tertiary/aromatic N) is 3. The fraction of sp³-hybridized carbons (Fsp3) is 0.158. The van der Waals surface area contributed by atoms with Gasteiger partial charge in [-0.3, -0.25) is 0 Å². The highest BCUT2D eigenvalue weighted by molar-refractivity contribution is 5.62. The topological polar surface area (TPSA) is 41.1 Å². The Kier molecular flexibility index (Phi) is 5.06. The Labute approximate surface area is 149 Å². The molecule has 1 heterocycles. The number of halogens is 3. The Morgan fingerprint density at radius 1 is 0.962 bits per heavy atom. The predicted molar refractivity (Wildman–Crippen MR) is 95.5 cm³/mol. The van der Waals surface area contributed by atoms with Crippen molar-refractivity contribution in [2.45, 2.75) is 13.8 Å². The summed E-state index contributed by atoms with van der Waals surface area (Å²) in [4.78, 5) is 10.7. The fourth-order valence-electron chi connectivity index (χ4n) is 2.55. The Morgan fingerprint density at radius 3 is 2.38 bits per heavy atom. The lowest BCUT2D eigenvalue weighted by Gasteiger charge is -2.22. The molecule has 0 aliphatic heterocycles. The monoisotopic (exact) mass is 358 g/mol. The normalized spacial score (nSPS) is 10.7. The Balaban J connectivity index is 1.97. The molecule has 0 amide bonds. The molecule has 0 spiro atoms. The molecule has 1 aromatic heterocycles. The highest BCUT2D eigenvalue weighted by Crippen LogP contribution is 2.26. The molecule has 3 aromatic rings. The van der Waals surface area contributed by atoms with E-state index in [2.05, 4.69) is 15.3 Å². The molecule has 4 nitrogen and oxygen atoms in total. The number of aromatic nitrogens is 2. The van der Waals surface area contributed by atoms with Crippen molar-refractivity contribution in [1.82, 2.24) is 9.97 Å². The first-order valence-corrected chi connectivity index (χ1v) is 8.08. The van der Waals surface area contributed by atoms with Gasteiger partial charge in [0, 0.05) is 24.0 Å². The standard InChI is InChI=1S/C19H17F3N4/c1-3-26(13-7-5-4-6-8-13)19-23-12(2)11-16(25-19)24-15-10-9-14(20)17(21)18(15)22/h4-11H,3H2,1-2H3,(H,23,24,25). The average molecular weight is 358 g/mol. The van der Waals surface area contributed by atoms with E-state index in [-0.39, 0.29) is 11.5 Å². The molecule has 0 aliphatic carbocycles. The molecule has 1 N–H and O–H groups in total. The van der Waals surface area contributed by atoms with Crippen molar-refractivity contribution >= 4 is 23.1 Å². The second kappa shape index (κ2) is 7.43. The molecule has 0 radical (unpaired) electrons. The second-order valence-electron chi connectivity index (χ2n) is 5.62. The van der Waals surface area contributed by atoms with Crippen molar-refractivity contribution in [3.8, 4) is 0 Å². The lowest BCUT2D eigenvalue weighted by atomic mass is 10.2. The van der Waals surface area contributed by atoms with Crippen LogP contribution in [-0.2, 0) is 0 Å². The van der Waals surface area contributed by atoms with Gasteiger partial charge in [-0.1, -0.05) is 18.2 Å². The third-order valence-electron chi connectivity index (χ3n) is 3.77. The minimum atomic E-state index is -1.53. The van der Waals surface area contributed by atoms with E-state index in [0.29, 0.717) is 18.2 Å². The Morgan fingerprint density at radius 2 is 1.69 bits per heavy atom. The molecule has 26 heavy (non-hydrogen) atoms. The molecule has 7 heteroatoms. The van der Waals surface area contributed by atoms with E-state index in [1.807, 2.05) is 42.2 Å². The van der Waals surface area contributed by atoms with Crippen LogP contribution in [0.15, 0.2) is 48.5 Å². The second-order valence-corrected chi connectivity index (χ2v) is 5.62. The maximum absolute atomic E-state index is 13.9. The summed E-state index contributed by atoms with van der Waals surface area (Å²) in [7, 11) is 0. The smallest absolute Gasteiger partial charge is 0.232 e. The van der Waals surface area contributed by atoms with Crippen molar-refractivity contribution < 1.29 is 13.2 Å². The number of hydrogen-bond acceptors (Lipinski definition) is 4. The maximum Gasteiger partial charge on any atom is 0.232 e. The van der Waals surface area contributed by atoms with Gasteiger partial charge in [0.1, 0.15) is 5.82 Å². The number of benzene rings is 2. The number of rotatable bonds is 5. The number of anilines is 4. The van der Waals surface area contributed by atoms with Crippen molar-refractivity contribution in [2.75, 3.05) is 16.8 Å². The van der Waals surface area contributed by atoms with E-state index in [4.69, 9.17) is 0 Å². The first-order valence-electron chi connectivity index (χ1n) is 8.08. The minimum absolute atomic E-state index is 0.198. The molecule has 0 atom stereocenters. The molecular weight excluding hydrogens is 341 g/mol. The number of hydrogen-bond donors (Lipinski definition) is 1. The highest BCUT2D eigenvalue weighted by atomic mass is 19.2. The van der Waals surface area contributed by atoms with E-state index in [0.717, 1.165) is 17.8 Å². The molecule has 0 saturated carbocycles. The summed E-state index contributed by atoms with van der Waals surface area (Å²) in [6.07, 6.45) is 0. The largest absolute Gasteiger partial charge is 0.338 e. The first-order chi connectivity index (χ1) is 12.5. The van der Waals surface area contributed by atoms with E-state index in [1.54, 1.807) is 13.0 Å². The van der Waals surface area contributed by atoms with Crippen LogP contribution in [0.3, 0.4) is 0 Å². The molecule has 134 valence electrons. The molecule has 0 unspecified atom stereocenters. The molecule has 3 rings (SSSR count). The first kappa shape index (κ1) is 17.7. The average Bonchev–Trinajstić information content (AvgIpc) is 2.63. The zero-order valence-electron chi connectivity index (χ0n) is 14.3. The molecule has 0 saturated heterocycles. The maximum atomic E-state index is 13.9. The van der Waals surface area contributed by atoms with Crippen LogP contribution in [0.2, 0.25) is 0 Å². The molecule has 2 aromatic carbocycles. The van der Waals surface area contributed by atoms with E-state index in [1.165, 1.54) is 0 Å². The Hall–Kier alpha value is -3.09. The molecule has 0 fully saturated rings. The van der Waals surface area contributed by atoms with Gasteiger partial charge in [-0.05, 0) is 38.1 Å². The Bertz CT molecular complexity index is 916. The van der Waals surface area contributed by atoms with Crippen LogP contribution in [0.5, 0.6) is 0 Å². The third kappa shape index (κ3) is 3.61. The molecule has 0 bridgehead atoms. The van der Waals surface area contributed by atoms with Crippen molar-refractivity contribution in [1.29, 1.82) is 0 Å². The zero-order valence-corrected chi connectivity index (χ0v) is 14.3. The van der Waals surface area contributed by atoms with Gasteiger partial charge in [-0.25, -0.2) is 18.2 Å². The third-order valence-corrected chi connectivity index (χ3v) is 3.77. The van der Waals surface area contributed by atoms with Crippen LogP contribution < -0.4 is 10.2 Å². The fourth-order valence-corrected chi connectivity index (χ4v) is 2.55. The van der Waals surface area contributed by atoms with E-state index < -0.39 is 17.5 Å². The quantitative estimate of drug-likeness (QED) is 0.644. The van der Waals surface area contributed by atoms with E-state index >= 15 is 0 Å². The summed E-state index contributed by atoms with van der Waals surface area (Å²) >= 11 is 0. The van der Waals surface area contributed by atoms with Gasteiger partial charge in [0.2, 0.25) is 5.95 Å². The van der Waals surface area contributed by atoms with Gasteiger partial charge in [-0.15, -0.1) is 0 Å². The number of nitrogens with one attached hydrogen (secondary N) is 1. The summed E-state index contributed by atoms with van der Waals surface area (Å²) in [6.45, 7) is 4.35. The number of para-hydroxylation sites is 1. The summed E-state index contributed by atoms with van der Waals surface area (Å²) in [5.74, 6) is -3.36. The zero-order chi connectivity index (χ0) is 18.7. The van der Waals surface area contributed by atoms with Crippen molar-refractivity contribution in [2.24, 2.45) is 0 Å². The van der Waals surface area contributed by atoms with Crippen molar-refractivity contribution in [3.63, 3.8) is 0 Å². The van der Waals surface area contributed by atoms with Gasteiger partial charge in [0.25, 0.3) is 0 Å². The molecular formula is C19H17F3N4. The summed E-state index contributed by atoms with van der Waals surface area (Å²) in [6, 6.07) is 13.2. The lowest BCUT2D eigenvalue weighted by Crippen LogP contribution is -2.19. The molecule has 0 aliphatic rings. The summed E-state index contributed by atoms with van der Waals surface area (Å²) in [5.41, 5.74) is 1.36. The summed E-state index contributed by atoms with van der Waals surface area (Å²) in [5, 5.41) is 2.69. The summed E-state index contributed by atoms with van der Waals surface area (Å²) < 4.78 is 40.4. The van der Waals surface area contributed by atoms with Crippen LogP contribution >= 0.6 is 0 Å². The van der Waals surface area contributed by atoms with Gasteiger partial charge in [0.05, 0.1) is 5.69 Å². The van der Waals surface area contributed by atoms with Crippen molar-refractivity contribution in [3.05, 3.63) is 71.7 Å². The van der Waals surface area contributed by atoms with Crippen LogP contribution in [0.25, 0.3) is 0 Å². The van der Waals surface area contributed by atoms with Crippen LogP contribution in [0.1, 0.15) is 12.6 Å². The highest BCUT2D eigenvalue weighted by Gasteiger charge is 2.16. The van der Waals surface area contributed by atoms with Gasteiger partial charge in [-0.2, -0.15) is 4.98 Å². The predicted octanol–water partition coefficient (Wildman–Crippen LogP) is 5.10. The van der Waals surface area contributed by atoms with Gasteiger partial charge in [0.15, 0.2) is 17.5 Å². The number of aryl methyl sites for hydroxylation is 1. The van der Waals surface area contributed by atoms with Crippen LogP contribution in [-0.4, -0.2) is 16.5 Å². The van der Waals surface area contributed by atoms with Gasteiger partial charge >= 0.3 is 0 Å². The lowest BCUT2D eigenvalue weighted by molar-refractivity contribution is 0.449. The SMILES string of the molecule is CCN(c1ccccc1)c1nc(C)cc(Nc2ccc(F)c(F)c2F)n1. The minimum Gasteiger partial charge on any atom is -0.338 e.